The van der Waals surface area contributed by atoms with E-state index in [1.807, 2.05) is 59.7 Å². The first-order chi connectivity index (χ1) is 13.6. The van der Waals surface area contributed by atoms with E-state index in [1.165, 1.54) is 0 Å². The molecule has 7 nitrogen and oxygen atoms in total. The quantitative estimate of drug-likeness (QED) is 0.713. The summed E-state index contributed by atoms with van der Waals surface area (Å²) in [5.41, 5.74) is 3.44. The number of carbonyl (C=O) groups is 1. The molecular weight excluding hydrogens is 352 g/mol. The zero-order valence-corrected chi connectivity index (χ0v) is 16.4. The highest BCUT2D eigenvalue weighted by Gasteiger charge is 2.41. The number of nitrogens with zero attached hydrogens (tertiary/aromatic N) is 4. The van der Waals surface area contributed by atoms with Crippen LogP contribution in [0.2, 0.25) is 0 Å². The lowest BCUT2D eigenvalue weighted by atomic mass is 9.87. The van der Waals surface area contributed by atoms with E-state index in [9.17, 15) is 4.79 Å². The van der Waals surface area contributed by atoms with E-state index >= 15 is 0 Å². The van der Waals surface area contributed by atoms with Crippen LogP contribution in [0.1, 0.15) is 29.8 Å². The molecule has 146 valence electrons. The van der Waals surface area contributed by atoms with Crippen molar-refractivity contribution < 1.29 is 4.79 Å². The van der Waals surface area contributed by atoms with Gasteiger partial charge in [0.25, 0.3) is 0 Å². The minimum Gasteiger partial charge on any atom is -0.350 e. The van der Waals surface area contributed by atoms with Crippen molar-refractivity contribution in [1.29, 1.82) is 0 Å². The van der Waals surface area contributed by atoms with Crippen LogP contribution in [-0.4, -0.2) is 38.6 Å². The topological polar surface area (TPSA) is 76.8 Å². The Hall–Kier alpha value is -2.93. The number of para-hydroxylation sites is 1. The molecule has 0 atom stereocenters. The third kappa shape index (κ3) is 3.33. The van der Waals surface area contributed by atoms with Crippen molar-refractivity contribution in [2.45, 2.75) is 38.8 Å². The van der Waals surface area contributed by atoms with Gasteiger partial charge in [0.15, 0.2) is 0 Å². The summed E-state index contributed by atoms with van der Waals surface area (Å²) >= 11 is 0. The van der Waals surface area contributed by atoms with Crippen molar-refractivity contribution >= 4 is 5.91 Å². The van der Waals surface area contributed by atoms with Gasteiger partial charge >= 0.3 is 0 Å². The van der Waals surface area contributed by atoms with Crippen LogP contribution in [0.15, 0.2) is 48.8 Å². The van der Waals surface area contributed by atoms with Crippen LogP contribution in [0.5, 0.6) is 0 Å². The van der Waals surface area contributed by atoms with Crippen LogP contribution in [0.25, 0.3) is 5.69 Å². The molecule has 1 aliphatic heterocycles. The van der Waals surface area contributed by atoms with Gasteiger partial charge < -0.3 is 10.6 Å². The Labute approximate surface area is 164 Å². The number of amides is 1. The SMILES string of the molecule is Cc1cc(C)n(-c2ccccc2CNC(=O)C2(n3cccn3)CCNCC2)n1. The van der Waals surface area contributed by atoms with Crippen LogP contribution in [0.4, 0.5) is 0 Å². The Balaban J connectivity index is 1.58. The summed E-state index contributed by atoms with van der Waals surface area (Å²) in [5, 5.41) is 15.5. The predicted octanol–water partition coefficient (Wildman–Crippen LogP) is 2.08. The van der Waals surface area contributed by atoms with Gasteiger partial charge in [-0.3, -0.25) is 9.48 Å². The van der Waals surface area contributed by atoms with E-state index in [4.69, 9.17) is 0 Å². The number of nitrogens with one attached hydrogen (secondary N) is 2. The Bertz CT molecular complexity index is 953. The number of aromatic nitrogens is 4. The molecule has 2 N–H and O–H groups in total. The molecule has 0 bridgehead atoms. The van der Waals surface area contributed by atoms with Gasteiger partial charge in [-0.15, -0.1) is 0 Å². The lowest BCUT2D eigenvalue weighted by Gasteiger charge is -2.36. The van der Waals surface area contributed by atoms with Gasteiger partial charge in [0, 0.05) is 24.6 Å². The average Bonchev–Trinajstić information content (AvgIpc) is 3.37. The van der Waals surface area contributed by atoms with Gasteiger partial charge in [0.1, 0.15) is 5.54 Å². The average molecular weight is 378 g/mol. The van der Waals surface area contributed by atoms with Crippen molar-refractivity contribution in [2.24, 2.45) is 0 Å². The maximum Gasteiger partial charge on any atom is 0.248 e. The molecule has 3 aromatic rings. The van der Waals surface area contributed by atoms with Crippen LogP contribution in [0.3, 0.4) is 0 Å². The first kappa shape index (κ1) is 18.4. The number of carbonyl (C=O) groups excluding carboxylic acids is 1. The van der Waals surface area contributed by atoms with Gasteiger partial charge in [0.05, 0.1) is 11.4 Å². The number of rotatable bonds is 5. The lowest BCUT2D eigenvalue weighted by Crippen LogP contribution is -2.54. The summed E-state index contributed by atoms with van der Waals surface area (Å²) in [6.45, 7) is 6.07. The molecule has 2 aromatic heterocycles. The Morgan fingerprint density at radius 3 is 2.68 bits per heavy atom. The minimum atomic E-state index is -0.637. The van der Waals surface area contributed by atoms with Gasteiger partial charge in [-0.05, 0) is 63.5 Å². The highest BCUT2D eigenvalue weighted by molar-refractivity contribution is 5.84. The molecular formula is C21H26N6O. The summed E-state index contributed by atoms with van der Waals surface area (Å²) in [6, 6.07) is 12.0. The van der Waals surface area contributed by atoms with E-state index in [-0.39, 0.29) is 5.91 Å². The molecule has 1 saturated heterocycles. The van der Waals surface area contributed by atoms with E-state index in [1.54, 1.807) is 6.20 Å². The number of hydrogen-bond acceptors (Lipinski definition) is 4. The minimum absolute atomic E-state index is 0.0147. The molecule has 1 amide bonds. The van der Waals surface area contributed by atoms with Gasteiger partial charge in [0.2, 0.25) is 5.91 Å². The highest BCUT2D eigenvalue weighted by Crippen LogP contribution is 2.27. The molecule has 3 heterocycles. The number of piperidine rings is 1. The molecule has 0 unspecified atom stereocenters. The Morgan fingerprint density at radius 1 is 1.21 bits per heavy atom. The van der Waals surface area contributed by atoms with Crippen LogP contribution in [0, 0.1) is 13.8 Å². The molecule has 1 aliphatic rings. The molecule has 0 saturated carbocycles. The first-order valence-electron chi connectivity index (χ1n) is 9.71. The monoisotopic (exact) mass is 378 g/mol. The van der Waals surface area contributed by atoms with Crippen LogP contribution >= 0.6 is 0 Å². The van der Waals surface area contributed by atoms with Crippen molar-refractivity contribution in [1.82, 2.24) is 30.2 Å². The number of aryl methyl sites for hydroxylation is 2. The van der Waals surface area contributed by atoms with Crippen LogP contribution < -0.4 is 10.6 Å². The highest BCUT2D eigenvalue weighted by atomic mass is 16.2. The maximum absolute atomic E-state index is 13.3. The second kappa shape index (κ2) is 7.59. The Kier molecular flexibility index (Phi) is 5.00. The molecule has 0 aliphatic carbocycles. The van der Waals surface area contributed by atoms with Crippen molar-refractivity contribution in [2.75, 3.05) is 13.1 Å². The summed E-state index contributed by atoms with van der Waals surface area (Å²) in [6.07, 6.45) is 5.06. The summed E-state index contributed by atoms with van der Waals surface area (Å²) < 4.78 is 3.75. The fourth-order valence-corrected chi connectivity index (χ4v) is 4.00. The van der Waals surface area contributed by atoms with Gasteiger partial charge in [-0.1, -0.05) is 18.2 Å². The van der Waals surface area contributed by atoms with Crippen molar-refractivity contribution in [3.63, 3.8) is 0 Å². The molecule has 0 spiro atoms. The molecule has 1 fully saturated rings. The van der Waals surface area contributed by atoms with Gasteiger partial charge in [-0.2, -0.15) is 10.2 Å². The maximum atomic E-state index is 13.3. The van der Waals surface area contributed by atoms with Crippen LogP contribution in [-0.2, 0) is 16.9 Å². The molecule has 4 rings (SSSR count). The first-order valence-corrected chi connectivity index (χ1v) is 9.71. The number of hydrogen-bond donors (Lipinski definition) is 2. The fraction of sp³-hybridized carbons (Fsp3) is 0.381. The zero-order chi connectivity index (χ0) is 19.6. The third-order valence-corrected chi connectivity index (χ3v) is 5.47. The van der Waals surface area contributed by atoms with E-state index in [0.29, 0.717) is 6.54 Å². The third-order valence-electron chi connectivity index (χ3n) is 5.47. The Morgan fingerprint density at radius 2 is 2.00 bits per heavy atom. The second-order valence-corrected chi connectivity index (χ2v) is 7.38. The zero-order valence-electron chi connectivity index (χ0n) is 16.4. The smallest absolute Gasteiger partial charge is 0.248 e. The van der Waals surface area contributed by atoms with E-state index < -0.39 is 5.54 Å². The molecule has 28 heavy (non-hydrogen) atoms. The summed E-state index contributed by atoms with van der Waals surface area (Å²) in [7, 11) is 0. The van der Waals surface area contributed by atoms with E-state index in [2.05, 4.69) is 26.9 Å². The predicted molar refractivity (Wildman–Crippen MR) is 107 cm³/mol. The van der Waals surface area contributed by atoms with Crippen molar-refractivity contribution in [3.8, 4) is 5.69 Å². The molecule has 1 aromatic carbocycles. The largest absolute Gasteiger partial charge is 0.350 e. The normalized spacial score (nSPS) is 16.1. The lowest BCUT2D eigenvalue weighted by molar-refractivity contribution is -0.132. The standard InChI is InChI=1S/C21H26N6O/c1-16-14-17(2)27(25-16)19-7-4-3-6-18(19)15-23-20(28)21(8-11-22-12-9-21)26-13-5-10-24-26/h3-7,10,13-14,22H,8-9,11-12,15H2,1-2H3,(H,23,28). The molecule has 7 heteroatoms. The van der Waals surface area contributed by atoms with E-state index in [0.717, 1.165) is 48.6 Å². The second-order valence-electron chi connectivity index (χ2n) is 7.38. The summed E-state index contributed by atoms with van der Waals surface area (Å²) in [5.74, 6) is 0.0147. The fourth-order valence-electron chi connectivity index (χ4n) is 4.00. The van der Waals surface area contributed by atoms with Gasteiger partial charge in [-0.25, -0.2) is 4.68 Å². The number of benzene rings is 1. The summed E-state index contributed by atoms with van der Waals surface area (Å²) in [4.78, 5) is 13.3. The molecule has 0 radical (unpaired) electrons. The van der Waals surface area contributed by atoms with Crippen molar-refractivity contribution in [3.05, 3.63) is 65.7 Å².